The zero-order valence-electron chi connectivity index (χ0n) is 8.89. The van der Waals surface area contributed by atoms with Crippen LogP contribution in [0.15, 0.2) is 22.7 Å². The van der Waals surface area contributed by atoms with Crippen molar-refractivity contribution in [1.29, 1.82) is 0 Å². The number of fused-ring (bicyclic) bond motifs is 1. The molecule has 1 aromatic rings. The van der Waals surface area contributed by atoms with Gasteiger partial charge in [0, 0.05) is 10.0 Å². The van der Waals surface area contributed by atoms with Crippen LogP contribution in [0.1, 0.15) is 17.5 Å². The molecule has 2 rings (SSSR count). The fourth-order valence-electron chi connectivity index (χ4n) is 2.26. The maximum absolute atomic E-state index is 9.46. The van der Waals surface area contributed by atoms with Crippen LogP contribution in [0.2, 0.25) is 0 Å². The van der Waals surface area contributed by atoms with Crippen molar-refractivity contribution in [3.63, 3.8) is 0 Å². The molecule has 15 heavy (non-hydrogen) atoms. The largest absolute Gasteiger partial charge is 0.394 e. The van der Waals surface area contributed by atoms with Crippen molar-refractivity contribution in [2.24, 2.45) is 0 Å². The van der Waals surface area contributed by atoms with Gasteiger partial charge in [0.15, 0.2) is 7.98 Å². The molecule has 1 unspecified atom stereocenters. The third-order valence-corrected chi connectivity index (χ3v) is 3.90. The number of aliphatic hydroxyl groups is 1. The summed E-state index contributed by atoms with van der Waals surface area (Å²) in [5.74, 6) is 0. The number of rotatable bonds is 2. The fourth-order valence-corrected chi connectivity index (χ4v) is 2.67. The second-order valence-electron chi connectivity index (χ2n) is 4.28. The summed E-state index contributed by atoms with van der Waals surface area (Å²) in [5.41, 5.74) is 2.64. The van der Waals surface area contributed by atoms with E-state index in [9.17, 15) is 5.11 Å². The summed E-state index contributed by atoms with van der Waals surface area (Å²) in [6.45, 7) is 0.204. The second kappa shape index (κ2) is 4.28. The molecule has 1 atom stereocenters. The molecule has 2 nitrogen and oxygen atoms in total. The molecular formula is C11H15BBrNO. The predicted octanol–water partition coefficient (Wildman–Crippen LogP) is 0.807. The lowest BCUT2D eigenvalue weighted by atomic mass is 9.77. The van der Waals surface area contributed by atoms with Crippen LogP contribution in [0.25, 0.3) is 0 Å². The second-order valence-corrected chi connectivity index (χ2v) is 5.19. The molecule has 1 aliphatic carbocycles. The third-order valence-electron chi connectivity index (χ3n) is 3.40. The molecule has 0 saturated heterocycles. The van der Waals surface area contributed by atoms with Crippen molar-refractivity contribution in [2.45, 2.75) is 24.8 Å². The Hall–Kier alpha value is -0.315. The van der Waals surface area contributed by atoms with Gasteiger partial charge in [0.05, 0.1) is 6.61 Å². The van der Waals surface area contributed by atoms with Crippen molar-refractivity contribution in [2.75, 3.05) is 6.61 Å². The zero-order valence-corrected chi connectivity index (χ0v) is 10.5. The van der Waals surface area contributed by atoms with E-state index in [1.807, 2.05) is 7.98 Å². The van der Waals surface area contributed by atoms with Crippen LogP contribution in [0, 0.1) is 0 Å². The van der Waals surface area contributed by atoms with Gasteiger partial charge in [0.1, 0.15) is 0 Å². The molecule has 0 spiro atoms. The average Bonchev–Trinajstić information content (AvgIpc) is 2.28. The van der Waals surface area contributed by atoms with Crippen LogP contribution >= 0.6 is 15.9 Å². The normalized spacial score (nSPS) is 24.9. The van der Waals surface area contributed by atoms with E-state index >= 15 is 0 Å². The summed E-state index contributed by atoms with van der Waals surface area (Å²) < 4.78 is 1.12. The Morgan fingerprint density at radius 3 is 2.93 bits per heavy atom. The van der Waals surface area contributed by atoms with Gasteiger partial charge in [-0.2, -0.15) is 0 Å². The van der Waals surface area contributed by atoms with Crippen molar-refractivity contribution >= 4 is 23.9 Å². The Labute approximate surface area is 99.6 Å². The first-order chi connectivity index (χ1) is 7.19. The van der Waals surface area contributed by atoms with Gasteiger partial charge < -0.3 is 10.3 Å². The first-order valence-corrected chi connectivity index (χ1v) is 6.05. The zero-order chi connectivity index (χ0) is 10.9. The Bertz CT molecular complexity index is 366. The Morgan fingerprint density at radius 1 is 1.47 bits per heavy atom. The van der Waals surface area contributed by atoms with Gasteiger partial charge in [-0.1, -0.05) is 22.0 Å². The smallest absolute Gasteiger partial charge is 0.182 e. The SMILES string of the molecule is BNC1(CO)CCc2ccc(Br)cc2C1. The first kappa shape index (κ1) is 11.2. The van der Waals surface area contributed by atoms with Gasteiger partial charge in [0.2, 0.25) is 0 Å². The number of aliphatic hydroxyl groups excluding tert-OH is 1. The minimum Gasteiger partial charge on any atom is -0.394 e. The Morgan fingerprint density at radius 2 is 2.27 bits per heavy atom. The summed E-state index contributed by atoms with van der Waals surface area (Å²) in [4.78, 5) is 0. The standard InChI is InChI=1S/C11H15BBrNO/c12-14-11(7-15)4-3-8-1-2-10(13)5-9(8)6-11/h1-2,5,14-15H,3-4,6-7,12H2. The third kappa shape index (κ3) is 2.12. The average molecular weight is 268 g/mol. The molecule has 0 amide bonds. The maximum Gasteiger partial charge on any atom is 0.182 e. The first-order valence-electron chi connectivity index (χ1n) is 5.26. The summed E-state index contributed by atoms with van der Waals surface area (Å²) in [5, 5.41) is 12.7. The molecule has 0 aliphatic heterocycles. The van der Waals surface area contributed by atoms with Crippen molar-refractivity contribution < 1.29 is 5.11 Å². The predicted molar refractivity (Wildman–Crippen MR) is 67.7 cm³/mol. The lowest BCUT2D eigenvalue weighted by molar-refractivity contribution is 0.167. The summed E-state index contributed by atoms with van der Waals surface area (Å²) >= 11 is 3.49. The molecule has 0 fully saturated rings. The molecule has 0 bridgehead atoms. The molecule has 0 aromatic heterocycles. The number of hydrogen-bond acceptors (Lipinski definition) is 2. The lowest BCUT2D eigenvalue weighted by Crippen LogP contribution is -2.51. The van der Waals surface area contributed by atoms with Crippen LogP contribution in [0.3, 0.4) is 0 Å². The molecule has 0 saturated carbocycles. The molecule has 1 aromatic carbocycles. The van der Waals surface area contributed by atoms with E-state index in [4.69, 9.17) is 0 Å². The number of halogens is 1. The van der Waals surface area contributed by atoms with Crippen molar-refractivity contribution in [3.8, 4) is 0 Å². The highest BCUT2D eigenvalue weighted by Gasteiger charge is 2.31. The van der Waals surface area contributed by atoms with Crippen LogP contribution in [-0.4, -0.2) is 25.2 Å². The summed E-state index contributed by atoms with van der Waals surface area (Å²) in [6, 6.07) is 6.43. The van der Waals surface area contributed by atoms with E-state index in [1.165, 1.54) is 11.1 Å². The highest BCUT2D eigenvalue weighted by molar-refractivity contribution is 9.10. The topological polar surface area (TPSA) is 32.3 Å². The Balaban J connectivity index is 2.32. The van der Waals surface area contributed by atoms with E-state index < -0.39 is 0 Å². The molecular weight excluding hydrogens is 253 g/mol. The van der Waals surface area contributed by atoms with Gasteiger partial charge in [0.25, 0.3) is 0 Å². The Kier molecular flexibility index (Phi) is 3.19. The minimum absolute atomic E-state index is 0.117. The summed E-state index contributed by atoms with van der Waals surface area (Å²) in [6.07, 6.45) is 2.97. The molecule has 2 N–H and O–H groups in total. The van der Waals surface area contributed by atoms with Crippen LogP contribution in [0.4, 0.5) is 0 Å². The molecule has 80 valence electrons. The highest BCUT2D eigenvalue weighted by atomic mass is 79.9. The van der Waals surface area contributed by atoms with E-state index in [1.54, 1.807) is 0 Å². The number of hydrogen-bond donors (Lipinski definition) is 2. The van der Waals surface area contributed by atoms with Gasteiger partial charge >= 0.3 is 0 Å². The van der Waals surface area contributed by atoms with E-state index in [2.05, 4.69) is 39.4 Å². The van der Waals surface area contributed by atoms with Crippen LogP contribution < -0.4 is 5.23 Å². The number of benzene rings is 1. The number of aryl methyl sites for hydroxylation is 1. The molecule has 1 aliphatic rings. The molecule has 4 heteroatoms. The van der Waals surface area contributed by atoms with E-state index in [0.29, 0.717) is 0 Å². The van der Waals surface area contributed by atoms with Gasteiger partial charge in [-0.05, 0) is 42.5 Å². The van der Waals surface area contributed by atoms with Gasteiger partial charge in [-0.25, -0.2) is 0 Å². The monoisotopic (exact) mass is 267 g/mol. The maximum atomic E-state index is 9.46. The van der Waals surface area contributed by atoms with Crippen molar-refractivity contribution in [1.82, 2.24) is 5.23 Å². The van der Waals surface area contributed by atoms with Crippen LogP contribution in [0.5, 0.6) is 0 Å². The molecule has 0 radical (unpaired) electrons. The quantitative estimate of drug-likeness (QED) is 0.778. The summed E-state index contributed by atoms with van der Waals surface area (Å²) in [7, 11) is 1.93. The van der Waals surface area contributed by atoms with Crippen LogP contribution in [-0.2, 0) is 12.8 Å². The number of nitrogens with one attached hydrogen (secondary N) is 1. The molecule has 0 heterocycles. The van der Waals surface area contributed by atoms with Crippen molar-refractivity contribution in [3.05, 3.63) is 33.8 Å². The fraction of sp³-hybridized carbons (Fsp3) is 0.455. The minimum atomic E-state index is -0.117. The van der Waals surface area contributed by atoms with Gasteiger partial charge in [-0.15, -0.1) is 0 Å². The lowest BCUT2D eigenvalue weighted by Gasteiger charge is -2.37. The highest BCUT2D eigenvalue weighted by Crippen LogP contribution is 2.30. The van der Waals surface area contributed by atoms with Gasteiger partial charge in [-0.3, -0.25) is 0 Å². The van der Waals surface area contributed by atoms with E-state index in [0.717, 1.165) is 23.7 Å². The van der Waals surface area contributed by atoms with E-state index in [-0.39, 0.29) is 12.1 Å².